The summed E-state index contributed by atoms with van der Waals surface area (Å²) in [6, 6.07) is 4.41. The van der Waals surface area contributed by atoms with E-state index in [4.69, 9.17) is 0 Å². The van der Waals surface area contributed by atoms with E-state index < -0.39 is 5.54 Å². The van der Waals surface area contributed by atoms with E-state index in [2.05, 4.69) is 21.2 Å². The van der Waals surface area contributed by atoms with Gasteiger partial charge in [-0.25, -0.2) is 4.39 Å². The molecular formula is C15H16BrFN2O2. The van der Waals surface area contributed by atoms with Crippen LogP contribution in [0.5, 0.6) is 0 Å². The van der Waals surface area contributed by atoms with Gasteiger partial charge in [-0.15, -0.1) is 0 Å². The molecule has 3 rings (SSSR count). The second-order valence-electron chi connectivity index (χ2n) is 5.64. The third-order valence-electron chi connectivity index (χ3n) is 4.41. The molecule has 1 saturated heterocycles. The fourth-order valence-electron chi connectivity index (χ4n) is 3.29. The molecule has 0 atom stereocenters. The van der Waals surface area contributed by atoms with Gasteiger partial charge in [-0.2, -0.15) is 0 Å². The highest BCUT2D eigenvalue weighted by atomic mass is 79.9. The Bertz CT molecular complexity index is 599. The molecule has 4 nitrogen and oxygen atoms in total. The number of hydrogen-bond acceptors (Lipinski definition) is 2. The fraction of sp³-hybridized carbons (Fsp3) is 0.467. The highest BCUT2D eigenvalue weighted by Gasteiger charge is 2.50. The SMILES string of the molecule is O=C1CNC(=O)C2(CCCC2)N1Cc1ccc(F)cc1Br. The third-order valence-corrected chi connectivity index (χ3v) is 5.15. The summed E-state index contributed by atoms with van der Waals surface area (Å²) in [4.78, 5) is 26.3. The molecular weight excluding hydrogens is 339 g/mol. The minimum absolute atomic E-state index is 0.0411. The van der Waals surface area contributed by atoms with Crippen molar-refractivity contribution in [2.75, 3.05) is 6.54 Å². The zero-order valence-electron chi connectivity index (χ0n) is 11.5. The van der Waals surface area contributed by atoms with Crippen LogP contribution in [0.2, 0.25) is 0 Å². The van der Waals surface area contributed by atoms with E-state index in [0.29, 0.717) is 23.9 Å². The number of halogens is 2. The maximum Gasteiger partial charge on any atom is 0.246 e. The maximum atomic E-state index is 13.2. The predicted octanol–water partition coefficient (Wildman–Crippen LogP) is 2.36. The van der Waals surface area contributed by atoms with Gasteiger partial charge in [0.05, 0.1) is 6.54 Å². The van der Waals surface area contributed by atoms with Gasteiger partial charge in [0.1, 0.15) is 11.4 Å². The van der Waals surface area contributed by atoms with Crippen LogP contribution in [0.1, 0.15) is 31.2 Å². The Morgan fingerprint density at radius 2 is 2.00 bits per heavy atom. The van der Waals surface area contributed by atoms with Crippen molar-refractivity contribution < 1.29 is 14.0 Å². The first kappa shape index (κ1) is 14.5. The first-order valence-electron chi connectivity index (χ1n) is 7.06. The Balaban J connectivity index is 1.93. The number of piperazine rings is 1. The Hall–Kier alpha value is -1.43. The zero-order valence-corrected chi connectivity index (χ0v) is 13.1. The molecule has 2 fully saturated rings. The Morgan fingerprint density at radius 1 is 1.29 bits per heavy atom. The number of amides is 2. The first-order chi connectivity index (χ1) is 10.0. The van der Waals surface area contributed by atoms with E-state index in [-0.39, 0.29) is 24.2 Å². The normalized spacial score (nSPS) is 21.0. The van der Waals surface area contributed by atoms with Crippen molar-refractivity contribution in [3.05, 3.63) is 34.1 Å². The average molecular weight is 355 g/mol. The summed E-state index contributed by atoms with van der Waals surface area (Å²) >= 11 is 3.33. The molecule has 1 heterocycles. The summed E-state index contributed by atoms with van der Waals surface area (Å²) in [7, 11) is 0. The van der Waals surface area contributed by atoms with E-state index in [0.717, 1.165) is 18.4 Å². The van der Waals surface area contributed by atoms with Gasteiger partial charge >= 0.3 is 0 Å². The second-order valence-corrected chi connectivity index (χ2v) is 6.49. The molecule has 0 bridgehead atoms. The molecule has 2 amide bonds. The van der Waals surface area contributed by atoms with E-state index in [1.807, 2.05) is 0 Å². The van der Waals surface area contributed by atoms with Crippen LogP contribution in [0.15, 0.2) is 22.7 Å². The van der Waals surface area contributed by atoms with Crippen LogP contribution in [-0.2, 0) is 16.1 Å². The zero-order chi connectivity index (χ0) is 15.0. The van der Waals surface area contributed by atoms with Gasteiger partial charge in [0.2, 0.25) is 11.8 Å². The largest absolute Gasteiger partial charge is 0.345 e. The minimum Gasteiger partial charge on any atom is -0.345 e. The van der Waals surface area contributed by atoms with Crippen molar-refractivity contribution in [1.82, 2.24) is 10.2 Å². The van der Waals surface area contributed by atoms with E-state index >= 15 is 0 Å². The average Bonchev–Trinajstić information content (AvgIpc) is 2.92. The van der Waals surface area contributed by atoms with Crippen molar-refractivity contribution in [2.45, 2.75) is 37.8 Å². The maximum absolute atomic E-state index is 13.2. The quantitative estimate of drug-likeness (QED) is 0.886. The van der Waals surface area contributed by atoms with Gasteiger partial charge in [0.15, 0.2) is 0 Å². The van der Waals surface area contributed by atoms with Crippen LogP contribution in [0.4, 0.5) is 4.39 Å². The monoisotopic (exact) mass is 354 g/mol. The number of nitrogens with one attached hydrogen (secondary N) is 1. The molecule has 2 aliphatic rings. The molecule has 21 heavy (non-hydrogen) atoms. The van der Waals surface area contributed by atoms with Crippen LogP contribution in [-0.4, -0.2) is 28.8 Å². The van der Waals surface area contributed by atoms with Gasteiger partial charge in [-0.1, -0.05) is 34.8 Å². The lowest BCUT2D eigenvalue weighted by molar-refractivity contribution is -0.154. The summed E-state index contributed by atoms with van der Waals surface area (Å²) in [6.07, 6.45) is 3.29. The van der Waals surface area contributed by atoms with Crippen molar-refractivity contribution in [2.24, 2.45) is 0 Å². The molecule has 0 radical (unpaired) electrons. The Kier molecular flexibility index (Phi) is 3.73. The number of carbonyl (C=O) groups is 2. The highest BCUT2D eigenvalue weighted by molar-refractivity contribution is 9.10. The lowest BCUT2D eigenvalue weighted by Crippen LogP contribution is -2.65. The van der Waals surface area contributed by atoms with Crippen molar-refractivity contribution >= 4 is 27.7 Å². The summed E-state index contributed by atoms with van der Waals surface area (Å²) < 4.78 is 13.8. The number of nitrogens with zero attached hydrogens (tertiary/aromatic N) is 1. The lowest BCUT2D eigenvalue weighted by atomic mass is 9.90. The predicted molar refractivity (Wildman–Crippen MR) is 78.9 cm³/mol. The molecule has 6 heteroatoms. The van der Waals surface area contributed by atoms with Crippen LogP contribution in [0, 0.1) is 5.82 Å². The third kappa shape index (κ3) is 2.46. The van der Waals surface area contributed by atoms with Gasteiger partial charge in [0.25, 0.3) is 0 Å². The molecule has 1 aliphatic heterocycles. The molecule has 112 valence electrons. The molecule has 1 N–H and O–H groups in total. The van der Waals surface area contributed by atoms with E-state index in [9.17, 15) is 14.0 Å². The van der Waals surface area contributed by atoms with Crippen LogP contribution < -0.4 is 5.32 Å². The topological polar surface area (TPSA) is 49.4 Å². The first-order valence-corrected chi connectivity index (χ1v) is 7.85. The van der Waals surface area contributed by atoms with Gasteiger partial charge in [-0.3, -0.25) is 9.59 Å². The molecule has 1 spiro atoms. The number of carbonyl (C=O) groups excluding carboxylic acids is 2. The van der Waals surface area contributed by atoms with Gasteiger partial charge in [0, 0.05) is 11.0 Å². The Labute approximate surface area is 130 Å². The summed E-state index contributed by atoms with van der Waals surface area (Å²) in [5, 5.41) is 2.70. The highest BCUT2D eigenvalue weighted by Crippen LogP contribution is 2.38. The molecule has 1 saturated carbocycles. The summed E-state index contributed by atoms with van der Waals surface area (Å²) in [5.74, 6) is -0.463. The smallest absolute Gasteiger partial charge is 0.246 e. The van der Waals surface area contributed by atoms with Crippen LogP contribution in [0.25, 0.3) is 0 Å². The second kappa shape index (κ2) is 5.40. The van der Waals surface area contributed by atoms with E-state index in [1.54, 1.807) is 11.0 Å². The number of rotatable bonds is 2. The van der Waals surface area contributed by atoms with Crippen molar-refractivity contribution in [3.63, 3.8) is 0 Å². The van der Waals surface area contributed by atoms with Gasteiger partial charge in [-0.05, 0) is 30.5 Å². The van der Waals surface area contributed by atoms with Crippen LogP contribution >= 0.6 is 15.9 Å². The summed E-state index contributed by atoms with van der Waals surface area (Å²) in [5.41, 5.74) is 0.0918. The number of hydrogen-bond donors (Lipinski definition) is 1. The molecule has 0 aromatic heterocycles. The minimum atomic E-state index is -0.719. The van der Waals surface area contributed by atoms with Crippen molar-refractivity contribution in [3.8, 4) is 0 Å². The van der Waals surface area contributed by atoms with Crippen LogP contribution in [0.3, 0.4) is 0 Å². The molecule has 1 aromatic rings. The lowest BCUT2D eigenvalue weighted by Gasteiger charge is -2.43. The summed E-state index contributed by atoms with van der Waals surface area (Å²) in [6.45, 7) is 0.368. The molecule has 1 aromatic carbocycles. The number of benzene rings is 1. The standard InChI is InChI=1S/C15H16BrFN2O2/c16-12-7-11(17)4-3-10(12)9-19-13(20)8-18-14(21)15(19)5-1-2-6-15/h3-4,7H,1-2,5-6,8-9H2,(H,18,21). The van der Waals surface area contributed by atoms with E-state index in [1.165, 1.54) is 12.1 Å². The van der Waals surface area contributed by atoms with Crippen molar-refractivity contribution in [1.29, 1.82) is 0 Å². The molecule has 0 unspecified atom stereocenters. The fourth-order valence-corrected chi connectivity index (χ4v) is 3.77. The van der Waals surface area contributed by atoms with Gasteiger partial charge < -0.3 is 10.2 Å². The molecule has 1 aliphatic carbocycles. The Morgan fingerprint density at radius 3 is 2.67 bits per heavy atom.